The molecule has 0 aliphatic heterocycles. The number of nitrogens with one attached hydrogen (secondary N) is 2. The molecule has 2 N–H and O–H groups in total. The molecule has 0 atom stereocenters. The first kappa shape index (κ1) is 16.7. The summed E-state index contributed by atoms with van der Waals surface area (Å²) in [7, 11) is 0. The molecule has 1 heterocycles. The number of aryl methyl sites for hydroxylation is 1. The molecule has 0 fully saturated rings. The normalized spacial score (nSPS) is 10.8. The predicted octanol–water partition coefficient (Wildman–Crippen LogP) is 4.19. The lowest BCUT2D eigenvalue weighted by atomic mass is 10.1. The van der Waals surface area contributed by atoms with Gasteiger partial charge in [0.15, 0.2) is 11.6 Å². The Hall–Kier alpha value is -3.16. The fraction of sp³-hybridized carbons (Fsp3) is 0.0588. The zero-order valence-corrected chi connectivity index (χ0v) is 12.8. The van der Waals surface area contributed by atoms with Crippen LogP contribution in [-0.2, 0) is 0 Å². The Morgan fingerprint density at radius 3 is 2.32 bits per heavy atom. The first-order chi connectivity index (χ1) is 11.9. The highest BCUT2D eigenvalue weighted by Gasteiger charge is 2.21. The van der Waals surface area contributed by atoms with Crippen LogP contribution in [0.5, 0.6) is 0 Å². The van der Waals surface area contributed by atoms with Gasteiger partial charge in [-0.25, -0.2) is 17.6 Å². The van der Waals surface area contributed by atoms with Crippen LogP contribution < -0.4 is 5.32 Å². The Bertz CT molecular complexity index is 948. The number of hydrogen-bond acceptors (Lipinski definition) is 2. The minimum atomic E-state index is -1.09. The molecule has 8 heteroatoms. The monoisotopic (exact) mass is 349 g/mol. The summed E-state index contributed by atoms with van der Waals surface area (Å²) in [6.45, 7) is 1.56. The van der Waals surface area contributed by atoms with Crippen molar-refractivity contribution in [3.63, 3.8) is 0 Å². The number of carbonyl (C=O) groups is 1. The average Bonchev–Trinajstić information content (AvgIpc) is 2.91. The molecule has 0 saturated carbocycles. The quantitative estimate of drug-likeness (QED) is 0.697. The summed E-state index contributed by atoms with van der Waals surface area (Å²) in [5.74, 6) is -5.18. The van der Waals surface area contributed by atoms with E-state index in [-0.39, 0.29) is 16.9 Å². The molecule has 2 aromatic carbocycles. The molecule has 0 bridgehead atoms. The molecule has 0 aliphatic rings. The van der Waals surface area contributed by atoms with Gasteiger partial charge in [-0.1, -0.05) is 6.07 Å². The molecule has 0 saturated heterocycles. The van der Waals surface area contributed by atoms with Gasteiger partial charge in [0, 0.05) is 5.56 Å². The van der Waals surface area contributed by atoms with Crippen molar-refractivity contribution in [2.24, 2.45) is 0 Å². The number of aromatic amines is 1. The maximum Gasteiger partial charge on any atom is 0.261 e. The highest BCUT2D eigenvalue weighted by atomic mass is 19.2. The third-order valence-electron chi connectivity index (χ3n) is 3.57. The summed E-state index contributed by atoms with van der Waals surface area (Å²) in [5.41, 5.74) is 0.0388. The molecular formula is C17H11F4N3O. The van der Waals surface area contributed by atoms with E-state index in [4.69, 9.17) is 0 Å². The number of H-pyrrole nitrogens is 1. The molecule has 4 nitrogen and oxygen atoms in total. The largest absolute Gasteiger partial charge is 0.318 e. The van der Waals surface area contributed by atoms with E-state index in [2.05, 4.69) is 15.5 Å². The van der Waals surface area contributed by atoms with E-state index in [9.17, 15) is 22.4 Å². The number of hydrogen-bond donors (Lipinski definition) is 2. The van der Waals surface area contributed by atoms with E-state index in [1.54, 1.807) is 6.92 Å². The number of anilines is 1. The lowest BCUT2D eigenvalue weighted by molar-refractivity contribution is 0.101. The molecule has 0 aliphatic carbocycles. The number of nitrogens with zero attached hydrogens (tertiary/aromatic N) is 1. The molecule has 128 valence electrons. The summed E-state index contributed by atoms with van der Waals surface area (Å²) in [6, 6.07) is 6.14. The lowest BCUT2D eigenvalue weighted by Gasteiger charge is -2.09. The maximum atomic E-state index is 13.7. The first-order valence-corrected chi connectivity index (χ1v) is 7.14. The van der Waals surface area contributed by atoms with E-state index < -0.39 is 34.7 Å². The van der Waals surface area contributed by atoms with E-state index >= 15 is 0 Å². The average molecular weight is 349 g/mol. The van der Waals surface area contributed by atoms with Crippen molar-refractivity contribution in [1.82, 2.24) is 10.2 Å². The summed E-state index contributed by atoms with van der Waals surface area (Å²) < 4.78 is 54.0. The van der Waals surface area contributed by atoms with Crippen LogP contribution in [0.2, 0.25) is 0 Å². The minimum absolute atomic E-state index is 0.110. The number of rotatable bonds is 3. The first-order valence-electron chi connectivity index (χ1n) is 7.14. The van der Waals surface area contributed by atoms with Crippen LogP contribution >= 0.6 is 0 Å². The minimum Gasteiger partial charge on any atom is -0.318 e. The zero-order valence-electron chi connectivity index (χ0n) is 12.8. The fourth-order valence-electron chi connectivity index (χ4n) is 2.33. The number of halogens is 4. The van der Waals surface area contributed by atoms with Crippen LogP contribution in [0.25, 0.3) is 11.3 Å². The molecule has 1 aromatic heterocycles. The summed E-state index contributed by atoms with van der Waals surface area (Å²) in [5, 5.41) is 8.88. The van der Waals surface area contributed by atoms with Gasteiger partial charge in [0.25, 0.3) is 5.91 Å². The molecule has 3 rings (SSSR count). The third kappa shape index (κ3) is 3.10. The number of amides is 1. The van der Waals surface area contributed by atoms with Gasteiger partial charge < -0.3 is 5.32 Å². The lowest BCUT2D eigenvalue weighted by Crippen LogP contribution is -2.16. The Morgan fingerprint density at radius 1 is 1.00 bits per heavy atom. The fourth-order valence-corrected chi connectivity index (χ4v) is 2.33. The van der Waals surface area contributed by atoms with E-state index in [1.165, 1.54) is 6.07 Å². The van der Waals surface area contributed by atoms with Crippen LogP contribution in [0.1, 0.15) is 16.1 Å². The topological polar surface area (TPSA) is 57.8 Å². The SMILES string of the molecule is Cc1[nH]nc(-c2ccc(F)c(F)c2)c1NC(=O)c1c(F)cccc1F. The van der Waals surface area contributed by atoms with E-state index in [0.717, 1.165) is 30.3 Å². The van der Waals surface area contributed by atoms with Crippen molar-refractivity contribution < 1.29 is 22.4 Å². The summed E-state index contributed by atoms with van der Waals surface area (Å²) in [6.07, 6.45) is 0. The predicted molar refractivity (Wildman–Crippen MR) is 83.0 cm³/mol. The highest BCUT2D eigenvalue weighted by Crippen LogP contribution is 2.30. The summed E-state index contributed by atoms with van der Waals surface area (Å²) in [4.78, 5) is 12.2. The van der Waals surface area contributed by atoms with Crippen molar-refractivity contribution >= 4 is 11.6 Å². The molecule has 0 unspecified atom stereocenters. The second-order valence-corrected chi connectivity index (χ2v) is 5.25. The van der Waals surface area contributed by atoms with Crippen LogP contribution in [-0.4, -0.2) is 16.1 Å². The van der Waals surface area contributed by atoms with Gasteiger partial charge in [-0.05, 0) is 37.3 Å². The van der Waals surface area contributed by atoms with Gasteiger partial charge in [-0.15, -0.1) is 0 Å². The van der Waals surface area contributed by atoms with Crippen LogP contribution in [0.15, 0.2) is 36.4 Å². The molecular weight excluding hydrogens is 338 g/mol. The molecule has 0 radical (unpaired) electrons. The second kappa shape index (κ2) is 6.39. The van der Waals surface area contributed by atoms with Crippen molar-refractivity contribution in [2.45, 2.75) is 6.92 Å². The Labute approximate surface area is 139 Å². The van der Waals surface area contributed by atoms with Crippen LogP contribution in [0.4, 0.5) is 23.2 Å². The van der Waals surface area contributed by atoms with E-state index in [0.29, 0.717) is 5.69 Å². The van der Waals surface area contributed by atoms with Gasteiger partial charge in [-0.3, -0.25) is 9.89 Å². The van der Waals surface area contributed by atoms with Gasteiger partial charge in [0.2, 0.25) is 0 Å². The standard InChI is InChI=1S/C17H11F4N3O/c1-8-15(22-17(25)14-11(19)3-2-4-12(14)20)16(24-23-8)9-5-6-10(18)13(21)7-9/h2-7H,1H3,(H,22,25)(H,23,24). The third-order valence-corrected chi connectivity index (χ3v) is 3.57. The van der Waals surface area contributed by atoms with E-state index in [1.807, 2.05) is 0 Å². The number of benzene rings is 2. The Balaban J connectivity index is 2.00. The van der Waals surface area contributed by atoms with Crippen LogP contribution in [0, 0.1) is 30.2 Å². The number of carbonyl (C=O) groups excluding carboxylic acids is 1. The highest BCUT2D eigenvalue weighted by molar-refractivity contribution is 6.06. The number of aromatic nitrogens is 2. The van der Waals surface area contributed by atoms with Gasteiger partial charge >= 0.3 is 0 Å². The Morgan fingerprint density at radius 2 is 1.68 bits per heavy atom. The van der Waals surface area contributed by atoms with Gasteiger partial charge in [0.05, 0.1) is 11.4 Å². The second-order valence-electron chi connectivity index (χ2n) is 5.25. The smallest absolute Gasteiger partial charge is 0.261 e. The molecule has 25 heavy (non-hydrogen) atoms. The van der Waals surface area contributed by atoms with Crippen LogP contribution in [0.3, 0.4) is 0 Å². The van der Waals surface area contributed by atoms with Gasteiger partial charge in [0.1, 0.15) is 22.9 Å². The van der Waals surface area contributed by atoms with Crippen molar-refractivity contribution in [2.75, 3.05) is 5.32 Å². The Kier molecular flexibility index (Phi) is 4.26. The van der Waals surface area contributed by atoms with Crippen molar-refractivity contribution in [1.29, 1.82) is 0 Å². The van der Waals surface area contributed by atoms with Crippen molar-refractivity contribution in [3.05, 3.63) is 70.9 Å². The zero-order chi connectivity index (χ0) is 18.1. The molecule has 1 amide bonds. The summed E-state index contributed by atoms with van der Waals surface area (Å²) >= 11 is 0. The molecule has 3 aromatic rings. The van der Waals surface area contributed by atoms with Crippen molar-refractivity contribution in [3.8, 4) is 11.3 Å². The molecule has 0 spiro atoms. The maximum absolute atomic E-state index is 13.7. The van der Waals surface area contributed by atoms with Gasteiger partial charge in [-0.2, -0.15) is 5.10 Å².